The molecule has 0 aliphatic heterocycles. The van der Waals surface area contributed by atoms with E-state index in [4.69, 9.17) is 9.47 Å². The number of anilines is 1. The third-order valence-electron chi connectivity index (χ3n) is 4.84. The fourth-order valence-electron chi connectivity index (χ4n) is 3.18. The van der Waals surface area contributed by atoms with Gasteiger partial charge < -0.3 is 20.1 Å². The van der Waals surface area contributed by atoms with Crippen LogP contribution in [0.25, 0.3) is 0 Å². The Morgan fingerprint density at radius 2 is 1.74 bits per heavy atom. The molecule has 5 nitrogen and oxygen atoms in total. The Balaban J connectivity index is 1.90. The van der Waals surface area contributed by atoms with Gasteiger partial charge in [0.2, 0.25) is 0 Å². The largest absolute Gasteiger partial charge is 0.490 e. The quantitative estimate of drug-likeness (QED) is 0.308. The van der Waals surface area contributed by atoms with Gasteiger partial charge in [-0.2, -0.15) is 0 Å². The fraction of sp³-hybridized carbons (Fsp3) is 0.480. The smallest absolute Gasteiger partial charge is 0.262 e. The second kappa shape index (κ2) is 14.1. The van der Waals surface area contributed by atoms with Gasteiger partial charge in [0.25, 0.3) is 5.91 Å². The molecule has 0 unspecified atom stereocenters. The Hall–Kier alpha value is -2.05. The average Bonchev–Trinajstić information content (AvgIpc) is 2.74. The predicted molar refractivity (Wildman–Crippen MR) is 131 cm³/mol. The average molecular weight is 491 g/mol. The monoisotopic (exact) mass is 490 g/mol. The van der Waals surface area contributed by atoms with Crippen LogP contribution in [0.1, 0.15) is 57.1 Å². The molecule has 0 fully saturated rings. The summed E-state index contributed by atoms with van der Waals surface area (Å²) in [6, 6.07) is 11.7. The van der Waals surface area contributed by atoms with E-state index < -0.39 is 0 Å². The van der Waals surface area contributed by atoms with Crippen molar-refractivity contribution in [2.75, 3.05) is 25.1 Å². The van der Waals surface area contributed by atoms with Gasteiger partial charge in [0.05, 0.1) is 11.1 Å². The first kappa shape index (κ1) is 25.2. The molecule has 0 atom stereocenters. The molecule has 2 rings (SSSR count). The molecule has 0 aliphatic carbocycles. The summed E-state index contributed by atoms with van der Waals surface area (Å²) in [5.74, 6) is 0.969. The first-order valence-electron chi connectivity index (χ1n) is 11.2. The summed E-state index contributed by atoms with van der Waals surface area (Å²) < 4.78 is 12.4. The molecule has 1 amide bonds. The molecule has 0 spiro atoms. The van der Waals surface area contributed by atoms with E-state index in [9.17, 15) is 4.79 Å². The van der Waals surface area contributed by atoms with Crippen molar-refractivity contribution in [3.8, 4) is 11.5 Å². The molecule has 0 aliphatic rings. The third kappa shape index (κ3) is 9.32. The van der Waals surface area contributed by atoms with Crippen molar-refractivity contribution in [3.05, 3.63) is 52.0 Å². The zero-order chi connectivity index (χ0) is 22.5. The highest BCUT2D eigenvalue weighted by Gasteiger charge is 2.14. The number of nitrogens with one attached hydrogen (secondary N) is 2. The highest BCUT2D eigenvalue weighted by atomic mass is 79.9. The van der Waals surface area contributed by atoms with Gasteiger partial charge in [-0.3, -0.25) is 4.79 Å². The number of hydrogen-bond donors (Lipinski definition) is 2. The van der Waals surface area contributed by atoms with Crippen LogP contribution < -0.4 is 20.1 Å². The molecule has 6 heteroatoms. The predicted octanol–water partition coefficient (Wildman–Crippen LogP) is 6.23. The molecule has 31 heavy (non-hydrogen) atoms. The highest BCUT2D eigenvalue weighted by Crippen LogP contribution is 2.37. The van der Waals surface area contributed by atoms with Crippen LogP contribution in [0.5, 0.6) is 11.5 Å². The van der Waals surface area contributed by atoms with Crippen molar-refractivity contribution < 1.29 is 14.3 Å². The van der Waals surface area contributed by atoms with Crippen molar-refractivity contribution in [2.24, 2.45) is 0 Å². The van der Waals surface area contributed by atoms with E-state index in [0.29, 0.717) is 18.1 Å². The Morgan fingerprint density at radius 3 is 2.45 bits per heavy atom. The summed E-state index contributed by atoms with van der Waals surface area (Å²) in [7, 11) is 0. The molecule has 2 aromatic carbocycles. The number of ether oxygens (including phenoxy) is 2. The van der Waals surface area contributed by atoms with E-state index in [0.717, 1.165) is 34.4 Å². The number of amides is 1. The zero-order valence-electron chi connectivity index (χ0n) is 18.9. The maximum atomic E-state index is 12.3. The van der Waals surface area contributed by atoms with E-state index >= 15 is 0 Å². The van der Waals surface area contributed by atoms with Crippen molar-refractivity contribution in [2.45, 2.75) is 59.4 Å². The summed E-state index contributed by atoms with van der Waals surface area (Å²) >= 11 is 3.58. The van der Waals surface area contributed by atoms with Gasteiger partial charge in [-0.25, -0.2) is 0 Å². The van der Waals surface area contributed by atoms with Crippen molar-refractivity contribution in [3.63, 3.8) is 0 Å². The summed E-state index contributed by atoms with van der Waals surface area (Å²) in [6.45, 7) is 8.37. The third-order valence-corrected chi connectivity index (χ3v) is 5.43. The minimum absolute atomic E-state index is 0.0953. The summed E-state index contributed by atoms with van der Waals surface area (Å²) in [4.78, 5) is 12.3. The molecule has 0 bridgehead atoms. The first-order chi connectivity index (χ1) is 15.0. The Bertz CT molecular complexity index is 809. The number of benzene rings is 2. The molecule has 2 aromatic rings. The van der Waals surface area contributed by atoms with Gasteiger partial charge in [0, 0.05) is 12.2 Å². The van der Waals surface area contributed by atoms with Crippen LogP contribution in [-0.2, 0) is 11.3 Å². The first-order valence-corrected chi connectivity index (χ1v) is 12.0. The van der Waals surface area contributed by atoms with Crippen LogP contribution in [0.3, 0.4) is 0 Å². The number of rotatable bonds is 14. The van der Waals surface area contributed by atoms with E-state index in [-0.39, 0.29) is 12.5 Å². The molecular formula is C25H35BrN2O3. The van der Waals surface area contributed by atoms with Gasteiger partial charge >= 0.3 is 0 Å². The number of carbonyl (C=O) groups is 1. The van der Waals surface area contributed by atoms with Gasteiger partial charge in [0.1, 0.15) is 0 Å². The van der Waals surface area contributed by atoms with E-state index in [1.165, 1.54) is 32.1 Å². The maximum absolute atomic E-state index is 12.3. The Morgan fingerprint density at radius 1 is 1.00 bits per heavy atom. The van der Waals surface area contributed by atoms with Crippen LogP contribution in [0.15, 0.2) is 40.9 Å². The van der Waals surface area contributed by atoms with Crippen molar-refractivity contribution >= 4 is 27.5 Å². The summed E-state index contributed by atoms with van der Waals surface area (Å²) in [6.07, 6.45) is 6.35. The molecule has 0 radical (unpaired) electrons. The van der Waals surface area contributed by atoms with Crippen molar-refractivity contribution in [1.82, 2.24) is 5.32 Å². The summed E-state index contributed by atoms with van der Waals surface area (Å²) in [5.41, 5.74) is 3.00. The molecule has 0 saturated carbocycles. The lowest BCUT2D eigenvalue weighted by Gasteiger charge is -2.16. The maximum Gasteiger partial charge on any atom is 0.262 e. The topological polar surface area (TPSA) is 59.6 Å². The summed E-state index contributed by atoms with van der Waals surface area (Å²) in [5, 5.41) is 6.34. The van der Waals surface area contributed by atoms with E-state index in [1.54, 1.807) is 0 Å². The fourth-order valence-corrected chi connectivity index (χ4v) is 3.79. The van der Waals surface area contributed by atoms with E-state index in [1.807, 2.05) is 50.2 Å². The molecule has 0 aromatic heterocycles. The number of hydrogen-bond acceptors (Lipinski definition) is 4. The lowest BCUT2D eigenvalue weighted by atomic mass is 10.1. The van der Waals surface area contributed by atoms with Crippen LogP contribution in [0, 0.1) is 6.92 Å². The molecular weight excluding hydrogens is 456 g/mol. The zero-order valence-corrected chi connectivity index (χ0v) is 20.5. The molecule has 2 N–H and O–H groups in total. The SMILES string of the molecule is CCCCCCCNCc1cc(Br)c(OCC(=O)Nc2ccc(C)cc2)c(OCC)c1. The van der Waals surface area contributed by atoms with Crippen LogP contribution >= 0.6 is 15.9 Å². The molecule has 0 saturated heterocycles. The van der Waals surface area contributed by atoms with Crippen LogP contribution in [0.2, 0.25) is 0 Å². The van der Waals surface area contributed by atoms with Gasteiger partial charge in [-0.05, 0) is 72.6 Å². The Labute approximate surface area is 195 Å². The number of carbonyl (C=O) groups excluding carboxylic acids is 1. The minimum Gasteiger partial charge on any atom is -0.490 e. The van der Waals surface area contributed by atoms with Gasteiger partial charge in [-0.15, -0.1) is 0 Å². The normalized spacial score (nSPS) is 10.7. The van der Waals surface area contributed by atoms with E-state index in [2.05, 4.69) is 33.5 Å². The second-order valence-corrected chi connectivity index (χ2v) is 8.49. The highest BCUT2D eigenvalue weighted by molar-refractivity contribution is 9.10. The standard InChI is InChI=1S/C25H35BrN2O3/c1-4-6-7-8-9-14-27-17-20-15-22(26)25(23(16-20)30-5-2)31-18-24(29)28-21-12-10-19(3)11-13-21/h10-13,15-16,27H,4-9,14,17-18H2,1-3H3,(H,28,29). The minimum atomic E-state index is -0.216. The number of halogens is 1. The lowest BCUT2D eigenvalue weighted by Crippen LogP contribution is -2.20. The molecule has 0 heterocycles. The molecule has 170 valence electrons. The van der Waals surface area contributed by atoms with Gasteiger partial charge in [0.15, 0.2) is 18.1 Å². The Kier molecular flexibility index (Phi) is 11.5. The van der Waals surface area contributed by atoms with Crippen molar-refractivity contribution in [1.29, 1.82) is 0 Å². The van der Waals surface area contributed by atoms with Gasteiger partial charge in [-0.1, -0.05) is 50.3 Å². The van der Waals surface area contributed by atoms with Crippen LogP contribution in [-0.4, -0.2) is 25.7 Å². The van der Waals surface area contributed by atoms with Crippen LogP contribution in [0.4, 0.5) is 5.69 Å². The second-order valence-electron chi connectivity index (χ2n) is 7.63. The number of unbranched alkanes of at least 4 members (excludes halogenated alkanes) is 4. The number of aryl methyl sites for hydroxylation is 1. The lowest BCUT2D eigenvalue weighted by molar-refractivity contribution is -0.118.